The van der Waals surface area contributed by atoms with Crippen LogP contribution in [-0.2, 0) is 10.0 Å². The van der Waals surface area contributed by atoms with Crippen LogP contribution in [-0.4, -0.2) is 59.6 Å². The van der Waals surface area contributed by atoms with E-state index in [-0.39, 0.29) is 47.8 Å². The number of carbonyl (C=O) groups excluding carboxylic acids is 1. The van der Waals surface area contributed by atoms with Crippen molar-refractivity contribution in [2.45, 2.75) is 4.90 Å². The highest BCUT2D eigenvalue weighted by molar-refractivity contribution is 7.89. The summed E-state index contributed by atoms with van der Waals surface area (Å²) >= 11 is 5.71. The zero-order valence-electron chi connectivity index (χ0n) is 14.0. The van der Waals surface area contributed by atoms with Gasteiger partial charge in [-0.25, -0.2) is 13.4 Å². The molecule has 2 heterocycles. The molecule has 1 aromatic carbocycles. The molecule has 0 bridgehead atoms. The van der Waals surface area contributed by atoms with Crippen LogP contribution in [0.15, 0.2) is 47.5 Å². The van der Waals surface area contributed by atoms with Gasteiger partial charge < -0.3 is 4.90 Å². The van der Waals surface area contributed by atoms with E-state index in [0.717, 1.165) is 12.1 Å². The fourth-order valence-electron chi connectivity index (χ4n) is 2.71. The predicted molar refractivity (Wildman–Crippen MR) is 97.0 cm³/mol. The van der Waals surface area contributed by atoms with E-state index in [1.807, 2.05) is 0 Å². The zero-order valence-corrected chi connectivity index (χ0v) is 15.6. The van der Waals surface area contributed by atoms with E-state index in [1.54, 1.807) is 11.0 Å². The van der Waals surface area contributed by atoms with Crippen molar-refractivity contribution in [3.63, 3.8) is 0 Å². The second kappa shape index (κ2) is 7.59. The van der Waals surface area contributed by atoms with Crippen LogP contribution in [0.25, 0.3) is 0 Å². The number of sulfonamides is 1. The van der Waals surface area contributed by atoms with E-state index in [2.05, 4.69) is 4.98 Å². The highest BCUT2D eigenvalue weighted by Gasteiger charge is 2.30. The molecule has 1 saturated heterocycles. The van der Waals surface area contributed by atoms with E-state index in [4.69, 9.17) is 11.6 Å². The van der Waals surface area contributed by atoms with Gasteiger partial charge in [-0.15, -0.1) is 0 Å². The average Bonchev–Trinajstić information content (AvgIpc) is 2.68. The number of nitro groups is 1. The number of benzene rings is 1. The monoisotopic (exact) mass is 410 g/mol. The number of halogens is 1. The summed E-state index contributed by atoms with van der Waals surface area (Å²) in [6, 6.07) is 7.82. The molecule has 27 heavy (non-hydrogen) atoms. The SMILES string of the molecule is O=C(c1ccc(Cl)nc1)N1CCN(S(=O)(=O)c2ccc([N+](=O)[O-])cc2)CC1. The molecule has 0 aliphatic carbocycles. The molecule has 0 unspecified atom stereocenters. The lowest BCUT2D eigenvalue weighted by Crippen LogP contribution is -2.50. The lowest BCUT2D eigenvalue weighted by molar-refractivity contribution is -0.384. The second-order valence-electron chi connectivity index (χ2n) is 5.82. The molecule has 0 radical (unpaired) electrons. The summed E-state index contributed by atoms with van der Waals surface area (Å²) in [6.45, 7) is 0.722. The summed E-state index contributed by atoms with van der Waals surface area (Å²) in [5, 5.41) is 11.0. The Kier molecular flexibility index (Phi) is 5.40. The van der Waals surface area contributed by atoms with E-state index >= 15 is 0 Å². The minimum atomic E-state index is -3.78. The van der Waals surface area contributed by atoms with E-state index in [1.165, 1.54) is 28.7 Å². The topological polar surface area (TPSA) is 114 Å². The molecular formula is C16H15ClN4O5S. The van der Waals surface area contributed by atoms with Crippen LogP contribution in [0.1, 0.15) is 10.4 Å². The first kappa shape index (κ1) is 19.2. The van der Waals surface area contributed by atoms with Crippen molar-refractivity contribution in [1.29, 1.82) is 0 Å². The maximum Gasteiger partial charge on any atom is 0.269 e. The fraction of sp³-hybridized carbons (Fsp3) is 0.250. The number of hydrogen-bond donors (Lipinski definition) is 0. The Bertz CT molecular complexity index is 955. The quantitative estimate of drug-likeness (QED) is 0.431. The largest absolute Gasteiger partial charge is 0.336 e. The molecule has 1 aliphatic heterocycles. The van der Waals surface area contributed by atoms with Crippen LogP contribution < -0.4 is 0 Å². The van der Waals surface area contributed by atoms with Gasteiger partial charge in [0.1, 0.15) is 5.15 Å². The number of piperazine rings is 1. The van der Waals surface area contributed by atoms with Crippen LogP contribution >= 0.6 is 11.6 Å². The summed E-state index contributed by atoms with van der Waals surface area (Å²) < 4.78 is 26.6. The van der Waals surface area contributed by atoms with Gasteiger partial charge in [0, 0.05) is 44.5 Å². The Hall–Kier alpha value is -2.56. The van der Waals surface area contributed by atoms with Crippen LogP contribution in [0.2, 0.25) is 5.15 Å². The van der Waals surface area contributed by atoms with Crippen molar-refractivity contribution in [1.82, 2.24) is 14.2 Å². The Balaban J connectivity index is 1.68. The van der Waals surface area contributed by atoms with Gasteiger partial charge in [0.25, 0.3) is 11.6 Å². The molecule has 1 aliphatic rings. The zero-order chi connectivity index (χ0) is 19.6. The molecule has 3 rings (SSSR count). The third-order valence-electron chi connectivity index (χ3n) is 4.19. The summed E-state index contributed by atoms with van der Waals surface area (Å²) in [5.41, 5.74) is 0.201. The maximum atomic E-state index is 12.7. The number of rotatable bonds is 4. The number of carbonyl (C=O) groups is 1. The van der Waals surface area contributed by atoms with Crippen molar-refractivity contribution in [3.05, 3.63) is 63.4 Å². The van der Waals surface area contributed by atoms with Gasteiger partial charge in [-0.05, 0) is 24.3 Å². The molecule has 9 nitrogen and oxygen atoms in total. The van der Waals surface area contributed by atoms with Gasteiger partial charge >= 0.3 is 0 Å². The van der Waals surface area contributed by atoms with Crippen molar-refractivity contribution < 1.29 is 18.1 Å². The predicted octanol–water partition coefficient (Wildman–Crippen LogP) is 1.79. The molecule has 1 fully saturated rings. The number of nitro benzene ring substituents is 1. The molecule has 142 valence electrons. The molecule has 11 heteroatoms. The minimum absolute atomic E-state index is 0.0187. The minimum Gasteiger partial charge on any atom is -0.336 e. The molecule has 2 aromatic rings. The number of hydrogen-bond acceptors (Lipinski definition) is 6. The molecule has 0 spiro atoms. The first-order chi connectivity index (χ1) is 12.8. The Morgan fingerprint density at radius 2 is 1.70 bits per heavy atom. The van der Waals surface area contributed by atoms with Gasteiger partial charge in [0.15, 0.2) is 0 Å². The number of pyridine rings is 1. The van der Waals surface area contributed by atoms with Crippen LogP contribution in [0.3, 0.4) is 0 Å². The highest BCUT2D eigenvalue weighted by Crippen LogP contribution is 2.21. The van der Waals surface area contributed by atoms with Crippen molar-refractivity contribution >= 4 is 33.2 Å². The summed E-state index contributed by atoms with van der Waals surface area (Å²) in [4.78, 5) is 28.0. The van der Waals surface area contributed by atoms with Crippen LogP contribution in [0.4, 0.5) is 5.69 Å². The molecule has 1 aromatic heterocycles. The lowest BCUT2D eigenvalue weighted by atomic mass is 10.2. The number of non-ortho nitro benzene ring substituents is 1. The van der Waals surface area contributed by atoms with Gasteiger partial charge in [-0.3, -0.25) is 14.9 Å². The molecule has 1 amide bonds. The van der Waals surface area contributed by atoms with Crippen molar-refractivity contribution in [2.75, 3.05) is 26.2 Å². The van der Waals surface area contributed by atoms with Crippen molar-refractivity contribution in [2.24, 2.45) is 0 Å². The highest BCUT2D eigenvalue weighted by atomic mass is 35.5. The maximum absolute atomic E-state index is 12.7. The lowest BCUT2D eigenvalue weighted by Gasteiger charge is -2.34. The summed E-state index contributed by atoms with van der Waals surface area (Å²) in [7, 11) is -3.78. The number of nitrogens with zero attached hydrogens (tertiary/aromatic N) is 4. The first-order valence-corrected chi connectivity index (χ1v) is 9.76. The Morgan fingerprint density at radius 3 is 2.22 bits per heavy atom. The Labute approximate surface area is 160 Å². The normalized spacial score (nSPS) is 15.5. The third kappa shape index (κ3) is 4.07. The van der Waals surface area contributed by atoms with E-state index < -0.39 is 14.9 Å². The van der Waals surface area contributed by atoms with Gasteiger partial charge in [0.05, 0.1) is 15.4 Å². The van der Waals surface area contributed by atoms with Crippen molar-refractivity contribution in [3.8, 4) is 0 Å². The third-order valence-corrected chi connectivity index (χ3v) is 6.32. The first-order valence-electron chi connectivity index (χ1n) is 7.94. The Morgan fingerprint density at radius 1 is 1.07 bits per heavy atom. The standard InChI is InChI=1S/C16H15ClN4O5S/c17-15-6-1-12(11-18-15)16(22)19-7-9-20(10-8-19)27(25,26)14-4-2-13(3-5-14)21(23)24/h1-6,11H,7-10H2. The molecule has 0 atom stereocenters. The molecule has 0 N–H and O–H groups in total. The van der Waals surface area contributed by atoms with Crippen LogP contribution in [0, 0.1) is 10.1 Å². The van der Waals surface area contributed by atoms with E-state index in [9.17, 15) is 23.3 Å². The molecular weight excluding hydrogens is 396 g/mol. The van der Waals surface area contributed by atoms with E-state index in [0.29, 0.717) is 5.56 Å². The number of amides is 1. The van der Waals surface area contributed by atoms with Gasteiger partial charge in [-0.1, -0.05) is 11.6 Å². The fourth-order valence-corrected chi connectivity index (χ4v) is 4.24. The summed E-state index contributed by atoms with van der Waals surface area (Å²) in [6.07, 6.45) is 1.38. The smallest absolute Gasteiger partial charge is 0.269 e. The van der Waals surface area contributed by atoms with Gasteiger partial charge in [0.2, 0.25) is 10.0 Å². The van der Waals surface area contributed by atoms with Crippen LogP contribution in [0.5, 0.6) is 0 Å². The average molecular weight is 411 g/mol. The molecule has 0 saturated carbocycles. The summed E-state index contributed by atoms with van der Waals surface area (Å²) in [5.74, 6) is -0.244. The second-order valence-corrected chi connectivity index (χ2v) is 8.14. The van der Waals surface area contributed by atoms with Gasteiger partial charge in [-0.2, -0.15) is 4.31 Å². The number of aromatic nitrogens is 1.